The lowest BCUT2D eigenvalue weighted by molar-refractivity contribution is 0.102. The predicted octanol–water partition coefficient (Wildman–Crippen LogP) is 4.21. The maximum atomic E-state index is 12.7. The largest absolute Gasteiger partial charge is 0.493 e. The van der Waals surface area contributed by atoms with Crippen molar-refractivity contribution in [2.24, 2.45) is 0 Å². The molecule has 0 spiro atoms. The van der Waals surface area contributed by atoms with E-state index in [9.17, 15) is 4.79 Å². The zero-order chi connectivity index (χ0) is 16.6. The highest BCUT2D eigenvalue weighted by molar-refractivity contribution is 6.44. The topological polar surface area (TPSA) is 55.6 Å². The maximum Gasteiger partial charge on any atom is 0.274 e. The van der Waals surface area contributed by atoms with Gasteiger partial charge in [-0.2, -0.15) is 0 Å². The minimum atomic E-state index is -0.326. The average Bonchev–Trinajstić information content (AvgIpc) is 2.87. The summed E-state index contributed by atoms with van der Waals surface area (Å²) in [7, 11) is 1.56. The molecule has 0 aliphatic heterocycles. The lowest BCUT2D eigenvalue weighted by Crippen LogP contribution is -2.16. The van der Waals surface area contributed by atoms with Gasteiger partial charge in [0.2, 0.25) is 0 Å². The van der Waals surface area contributed by atoms with Crippen molar-refractivity contribution in [3.8, 4) is 5.75 Å². The zero-order valence-electron chi connectivity index (χ0n) is 12.4. The first kappa shape index (κ1) is 15.6. The smallest absolute Gasteiger partial charge is 0.274 e. The Morgan fingerprint density at radius 3 is 2.78 bits per heavy atom. The minimum Gasteiger partial charge on any atom is -0.493 e. The van der Waals surface area contributed by atoms with Gasteiger partial charge in [0.15, 0.2) is 11.4 Å². The van der Waals surface area contributed by atoms with Gasteiger partial charge in [0, 0.05) is 6.20 Å². The van der Waals surface area contributed by atoms with Gasteiger partial charge in [-0.3, -0.25) is 9.20 Å². The average molecular weight is 350 g/mol. The second kappa shape index (κ2) is 6.10. The summed E-state index contributed by atoms with van der Waals surface area (Å²) in [6, 6.07) is 8.64. The van der Waals surface area contributed by atoms with E-state index in [2.05, 4.69) is 10.3 Å². The molecule has 7 heteroatoms. The van der Waals surface area contributed by atoms with Crippen LogP contribution in [0.15, 0.2) is 36.5 Å². The first-order valence-electron chi connectivity index (χ1n) is 6.80. The van der Waals surface area contributed by atoms with Gasteiger partial charge in [0.05, 0.1) is 28.5 Å². The molecule has 0 radical (unpaired) electrons. The van der Waals surface area contributed by atoms with E-state index in [0.717, 1.165) is 0 Å². The summed E-state index contributed by atoms with van der Waals surface area (Å²) >= 11 is 12.1. The second-order valence-electron chi connectivity index (χ2n) is 4.87. The molecule has 0 unspecified atom stereocenters. The fourth-order valence-corrected chi connectivity index (χ4v) is 2.72. The summed E-state index contributed by atoms with van der Waals surface area (Å²) in [6.07, 6.45) is 1.76. The zero-order valence-corrected chi connectivity index (χ0v) is 13.9. The van der Waals surface area contributed by atoms with Crippen molar-refractivity contribution in [3.05, 3.63) is 58.0 Å². The number of methoxy groups -OCH3 is 1. The van der Waals surface area contributed by atoms with Crippen LogP contribution in [-0.2, 0) is 0 Å². The molecule has 0 fully saturated rings. The molecule has 23 heavy (non-hydrogen) atoms. The van der Waals surface area contributed by atoms with E-state index in [0.29, 0.717) is 38.5 Å². The predicted molar refractivity (Wildman–Crippen MR) is 90.9 cm³/mol. The van der Waals surface area contributed by atoms with Gasteiger partial charge in [-0.1, -0.05) is 29.3 Å². The van der Waals surface area contributed by atoms with Crippen LogP contribution in [0.3, 0.4) is 0 Å². The number of ether oxygens (including phenoxy) is 1. The van der Waals surface area contributed by atoms with E-state index in [1.165, 1.54) is 0 Å². The molecule has 0 bridgehead atoms. The van der Waals surface area contributed by atoms with Crippen LogP contribution in [0.5, 0.6) is 5.75 Å². The number of benzene rings is 1. The first-order valence-corrected chi connectivity index (χ1v) is 7.55. The quantitative estimate of drug-likeness (QED) is 0.770. The van der Waals surface area contributed by atoms with Crippen molar-refractivity contribution in [2.45, 2.75) is 6.92 Å². The van der Waals surface area contributed by atoms with Crippen molar-refractivity contribution in [1.82, 2.24) is 9.38 Å². The summed E-state index contributed by atoms with van der Waals surface area (Å²) in [5.41, 5.74) is 2.02. The summed E-state index contributed by atoms with van der Waals surface area (Å²) in [5.74, 6) is 0.267. The summed E-state index contributed by atoms with van der Waals surface area (Å²) in [4.78, 5) is 17.1. The van der Waals surface area contributed by atoms with Gasteiger partial charge >= 0.3 is 0 Å². The highest BCUT2D eigenvalue weighted by Crippen LogP contribution is 2.30. The number of carbonyl (C=O) groups excluding carboxylic acids is 1. The number of amides is 1. The van der Waals surface area contributed by atoms with Gasteiger partial charge < -0.3 is 10.1 Å². The summed E-state index contributed by atoms with van der Waals surface area (Å²) < 4.78 is 6.96. The molecule has 3 aromatic rings. The van der Waals surface area contributed by atoms with E-state index in [1.54, 1.807) is 55.0 Å². The highest BCUT2D eigenvalue weighted by atomic mass is 35.5. The molecule has 0 saturated heterocycles. The van der Waals surface area contributed by atoms with Gasteiger partial charge in [-0.25, -0.2) is 4.98 Å². The fourth-order valence-electron chi connectivity index (χ4n) is 2.37. The van der Waals surface area contributed by atoms with Gasteiger partial charge in [-0.05, 0) is 31.2 Å². The van der Waals surface area contributed by atoms with E-state index < -0.39 is 0 Å². The molecule has 0 aliphatic rings. The van der Waals surface area contributed by atoms with Crippen LogP contribution in [0, 0.1) is 6.92 Å². The van der Waals surface area contributed by atoms with Crippen LogP contribution in [-0.4, -0.2) is 22.4 Å². The number of fused-ring (bicyclic) bond motifs is 1. The molecule has 1 amide bonds. The molecule has 118 valence electrons. The number of imidazole rings is 1. The number of rotatable bonds is 3. The highest BCUT2D eigenvalue weighted by Gasteiger charge is 2.19. The monoisotopic (exact) mass is 349 g/mol. The number of nitrogens with zero attached hydrogens (tertiary/aromatic N) is 2. The number of hydrogen-bond donors (Lipinski definition) is 1. The Morgan fingerprint density at radius 2 is 2.04 bits per heavy atom. The first-order chi connectivity index (χ1) is 11.0. The normalized spacial score (nSPS) is 10.8. The molecule has 3 rings (SSSR count). The summed E-state index contributed by atoms with van der Waals surface area (Å²) in [6.45, 7) is 1.76. The van der Waals surface area contributed by atoms with E-state index >= 15 is 0 Å². The number of aryl methyl sites for hydroxylation is 1. The van der Waals surface area contributed by atoms with Gasteiger partial charge in [-0.15, -0.1) is 0 Å². The number of hydrogen-bond acceptors (Lipinski definition) is 3. The number of aromatic nitrogens is 2. The molecule has 0 saturated carbocycles. The van der Waals surface area contributed by atoms with Crippen molar-refractivity contribution in [3.63, 3.8) is 0 Å². The Balaban J connectivity index is 2.05. The van der Waals surface area contributed by atoms with Crippen molar-refractivity contribution in [1.29, 1.82) is 0 Å². The van der Waals surface area contributed by atoms with E-state index in [-0.39, 0.29) is 5.91 Å². The third kappa shape index (κ3) is 2.73. The molecule has 0 aliphatic carbocycles. The number of anilines is 1. The van der Waals surface area contributed by atoms with Gasteiger partial charge in [0.1, 0.15) is 5.69 Å². The Kier molecular flexibility index (Phi) is 4.15. The Bertz CT molecular complexity index is 906. The van der Waals surface area contributed by atoms with Crippen LogP contribution >= 0.6 is 23.2 Å². The minimum absolute atomic E-state index is 0.298. The van der Waals surface area contributed by atoms with E-state index in [4.69, 9.17) is 27.9 Å². The molecule has 5 nitrogen and oxygen atoms in total. The SMILES string of the molecule is COc1cccn2c(C(=O)Nc3cccc(Cl)c3Cl)c(C)nc12. The third-order valence-corrected chi connectivity index (χ3v) is 4.24. The van der Waals surface area contributed by atoms with E-state index in [1.807, 2.05) is 0 Å². The Hall–Kier alpha value is -2.24. The molecule has 2 heterocycles. The van der Waals surface area contributed by atoms with Crippen LogP contribution in [0.1, 0.15) is 16.2 Å². The Labute approximate surface area is 142 Å². The van der Waals surface area contributed by atoms with Crippen LogP contribution in [0.25, 0.3) is 5.65 Å². The maximum absolute atomic E-state index is 12.7. The fraction of sp³-hybridized carbons (Fsp3) is 0.125. The van der Waals surface area contributed by atoms with Crippen LogP contribution in [0.4, 0.5) is 5.69 Å². The van der Waals surface area contributed by atoms with Crippen molar-refractivity contribution < 1.29 is 9.53 Å². The third-order valence-electron chi connectivity index (χ3n) is 3.42. The number of pyridine rings is 1. The van der Waals surface area contributed by atoms with Crippen molar-refractivity contribution >= 4 is 40.4 Å². The molecular formula is C16H13Cl2N3O2. The number of nitrogens with one attached hydrogen (secondary N) is 1. The molecule has 0 atom stereocenters. The van der Waals surface area contributed by atoms with Gasteiger partial charge in [0.25, 0.3) is 5.91 Å². The number of carbonyl (C=O) groups is 1. The summed E-state index contributed by atoms with van der Waals surface area (Å²) in [5, 5.41) is 3.44. The Morgan fingerprint density at radius 1 is 1.26 bits per heavy atom. The standard InChI is InChI=1S/C16H13Cl2N3O2/c1-9-14(21-8-4-7-12(23-2)15(21)19-9)16(22)20-11-6-3-5-10(17)13(11)18/h3-8H,1-2H3,(H,20,22). The number of halogens is 2. The molecule has 1 aromatic carbocycles. The van der Waals surface area contributed by atoms with Crippen LogP contribution < -0.4 is 10.1 Å². The molecule has 1 N–H and O–H groups in total. The second-order valence-corrected chi connectivity index (χ2v) is 5.66. The lowest BCUT2D eigenvalue weighted by Gasteiger charge is -2.09. The van der Waals surface area contributed by atoms with Crippen molar-refractivity contribution in [2.75, 3.05) is 12.4 Å². The molecule has 2 aromatic heterocycles. The molecular weight excluding hydrogens is 337 g/mol. The van der Waals surface area contributed by atoms with Crippen LogP contribution in [0.2, 0.25) is 10.0 Å². The lowest BCUT2D eigenvalue weighted by atomic mass is 10.2.